The molecule has 0 saturated heterocycles. The van der Waals surface area contributed by atoms with Crippen LogP contribution in [0.25, 0.3) is 21.5 Å². The molecular weight excluding hydrogens is 456 g/mol. The molecule has 7 nitrogen and oxygen atoms in total. The SMILES string of the molecule is C=CCn1c(SC(C)C(=O)Nc2ccc(N(C)C)cc2)nc2scc(-c3ccco3)c2c1=O. The lowest BCUT2D eigenvalue weighted by Gasteiger charge is -2.16. The second kappa shape index (κ2) is 9.68. The highest BCUT2D eigenvalue weighted by Gasteiger charge is 2.22. The van der Waals surface area contributed by atoms with E-state index in [9.17, 15) is 9.59 Å². The van der Waals surface area contributed by atoms with E-state index in [0.29, 0.717) is 26.8 Å². The predicted molar refractivity (Wildman–Crippen MR) is 136 cm³/mol. The maximum Gasteiger partial charge on any atom is 0.263 e. The molecule has 0 radical (unpaired) electrons. The number of carbonyl (C=O) groups is 1. The van der Waals surface area contributed by atoms with E-state index >= 15 is 0 Å². The summed E-state index contributed by atoms with van der Waals surface area (Å²) in [5, 5.41) is 5.33. The van der Waals surface area contributed by atoms with Gasteiger partial charge >= 0.3 is 0 Å². The van der Waals surface area contributed by atoms with Gasteiger partial charge in [0.15, 0.2) is 5.16 Å². The van der Waals surface area contributed by atoms with E-state index in [-0.39, 0.29) is 18.0 Å². The summed E-state index contributed by atoms with van der Waals surface area (Å²) in [6, 6.07) is 11.2. The summed E-state index contributed by atoms with van der Waals surface area (Å²) in [5.74, 6) is 0.457. The molecule has 0 aliphatic carbocycles. The molecule has 1 N–H and O–H groups in total. The number of thiophene rings is 1. The van der Waals surface area contributed by atoms with Crippen LogP contribution in [0.3, 0.4) is 0 Å². The number of hydrogen-bond donors (Lipinski definition) is 1. The Kier molecular flexibility index (Phi) is 6.71. The number of amides is 1. The number of furan rings is 1. The molecule has 4 aromatic rings. The van der Waals surface area contributed by atoms with E-state index < -0.39 is 5.25 Å². The van der Waals surface area contributed by atoms with Gasteiger partial charge in [0, 0.05) is 43.0 Å². The average Bonchev–Trinajstić information content (AvgIpc) is 3.46. The molecule has 1 unspecified atom stereocenters. The van der Waals surface area contributed by atoms with E-state index in [1.807, 2.05) is 54.7 Å². The standard InChI is InChI=1S/C24H24N4O3S2/c1-5-12-28-23(30)20-18(19-7-6-13-31-19)14-32-22(20)26-24(28)33-15(2)21(29)25-16-8-10-17(11-9-16)27(3)4/h5-11,13-15H,1,12H2,2-4H3,(H,25,29). The topological polar surface area (TPSA) is 80.4 Å². The molecule has 0 fully saturated rings. The van der Waals surface area contributed by atoms with Gasteiger partial charge in [0.1, 0.15) is 10.6 Å². The van der Waals surface area contributed by atoms with Crippen LogP contribution in [-0.2, 0) is 11.3 Å². The second-order valence-corrected chi connectivity index (χ2v) is 9.76. The fraction of sp³-hybridized carbons (Fsp3) is 0.208. The van der Waals surface area contributed by atoms with Crippen LogP contribution in [0.5, 0.6) is 0 Å². The first kappa shape index (κ1) is 22.9. The molecule has 0 bridgehead atoms. The van der Waals surface area contributed by atoms with Crippen LogP contribution in [0.1, 0.15) is 6.92 Å². The van der Waals surface area contributed by atoms with Gasteiger partial charge in [-0.25, -0.2) is 4.98 Å². The fourth-order valence-corrected chi connectivity index (χ4v) is 5.18. The van der Waals surface area contributed by atoms with E-state index in [1.54, 1.807) is 29.9 Å². The zero-order valence-corrected chi connectivity index (χ0v) is 20.2. The summed E-state index contributed by atoms with van der Waals surface area (Å²) in [6.45, 7) is 5.86. The number of rotatable bonds is 8. The van der Waals surface area contributed by atoms with Crippen molar-refractivity contribution in [1.29, 1.82) is 0 Å². The summed E-state index contributed by atoms with van der Waals surface area (Å²) >= 11 is 2.63. The van der Waals surface area contributed by atoms with E-state index in [1.165, 1.54) is 23.1 Å². The normalized spacial score (nSPS) is 12.0. The van der Waals surface area contributed by atoms with E-state index in [4.69, 9.17) is 9.40 Å². The van der Waals surface area contributed by atoms with Crippen molar-refractivity contribution in [3.05, 3.63) is 71.1 Å². The Morgan fingerprint density at radius 1 is 1.33 bits per heavy atom. The number of anilines is 2. The first-order chi connectivity index (χ1) is 15.9. The summed E-state index contributed by atoms with van der Waals surface area (Å²) in [6.07, 6.45) is 3.22. The zero-order chi connectivity index (χ0) is 23.5. The van der Waals surface area contributed by atoms with Crippen LogP contribution in [0.15, 0.2) is 75.1 Å². The lowest BCUT2D eigenvalue weighted by molar-refractivity contribution is -0.115. The molecule has 3 aromatic heterocycles. The van der Waals surface area contributed by atoms with Gasteiger partial charge in [-0.15, -0.1) is 17.9 Å². The Labute approximate surface area is 199 Å². The van der Waals surface area contributed by atoms with Crippen molar-refractivity contribution in [2.45, 2.75) is 23.9 Å². The fourth-order valence-electron chi connectivity index (χ4n) is 3.30. The van der Waals surface area contributed by atoms with Crippen molar-refractivity contribution < 1.29 is 9.21 Å². The molecule has 33 heavy (non-hydrogen) atoms. The monoisotopic (exact) mass is 480 g/mol. The molecular formula is C24H24N4O3S2. The highest BCUT2D eigenvalue weighted by atomic mass is 32.2. The molecule has 0 spiro atoms. The minimum atomic E-state index is -0.469. The largest absolute Gasteiger partial charge is 0.464 e. The number of aromatic nitrogens is 2. The van der Waals surface area contributed by atoms with Crippen molar-refractivity contribution in [3.63, 3.8) is 0 Å². The molecule has 1 aromatic carbocycles. The van der Waals surface area contributed by atoms with Gasteiger partial charge in [0.25, 0.3) is 5.56 Å². The number of thioether (sulfide) groups is 1. The number of benzene rings is 1. The van der Waals surface area contributed by atoms with Gasteiger partial charge in [0.05, 0.1) is 16.9 Å². The highest BCUT2D eigenvalue weighted by molar-refractivity contribution is 8.00. The molecule has 1 amide bonds. The number of carbonyl (C=O) groups excluding carboxylic acids is 1. The Hall–Kier alpha value is -3.30. The number of nitrogens with zero attached hydrogens (tertiary/aromatic N) is 3. The van der Waals surface area contributed by atoms with Crippen LogP contribution < -0.4 is 15.8 Å². The molecule has 0 aliphatic heterocycles. The highest BCUT2D eigenvalue weighted by Crippen LogP contribution is 2.33. The molecule has 170 valence electrons. The maximum absolute atomic E-state index is 13.4. The predicted octanol–water partition coefficient (Wildman–Crippen LogP) is 5.09. The molecule has 1 atom stereocenters. The number of hydrogen-bond acceptors (Lipinski definition) is 7. The summed E-state index contributed by atoms with van der Waals surface area (Å²) < 4.78 is 7.04. The van der Waals surface area contributed by atoms with Crippen LogP contribution >= 0.6 is 23.1 Å². The summed E-state index contributed by atoms with van der Waals surface area (Å²) in [4.78, 5) is 33.5. The molecule has 3 heterocycles. The number of nitrogens with one attached hydrogen (secondary N) is 1. The van der Waals surface area contributed by atoms with Crippen molar-refractivity contribution in [2.75, 3.05) is 24.3 Å². The first-order valence-electron chi connectivity index (χ1n) is 10.3. The van der Waals surface area contributed by atoms with Crippen molar-refractivity contribution in [2.24, 2.45) is 0 Å². The lowest BCUT2D eigenvalue weighted by Crippen LogP contribution is -2.26. The quantitative estimate of drug-likeness (QED) is 0.215. The minimum absolute atomic E-state index is 0.167. The van der Waals surface area contributed by atoms with Gasteiger partial charge in [-0.05, 0) is 43.3 Å². The second-order valence-electron chi connectivity index (χ2n) is 7.60. The average molecular weight is 481 g/mol. The smallest absolute Gasteiger partial charge is 0.263 e. The summed E-state index contributed by atoms with van der Waals surface area (Å²) in [5.41, 5.74) is 2.30. The third kappa shape index (κ3) is 4.74. The summed E-state index contributed by atoms with van der Waals surface area (Å²) in [7, 11) is 3.92. The lowest BCUT2D eigenvalue weighted by atomic mass is 10.2. The third-order valence-corrected chi connectivity index (χ3v) is 7.02. The van der Waals surface area contributed by atoms with Crippen molar-refractivity contribution >= 4 is 50.6 Å². The van der Waals surface area contributed by atoms with E-state index in [0.717, 1.165) is 11.3 Å². The first-order valence-corrected chi connectivity index (χ1v) is 12.1. The van der Waals surface area contributed by atoms with Gasteiger partial charge in [-0.3, -0.25) is 14.2 Å². The van der Waals surface area contributed by atoms with Crippen molar-refractivity contribution in [1.82, 2.24) is 9.55 Å². The Balaban J connectivity index is 1.60. The van der Waals surface area contributed by atoms with Crippen LogP contribution in [-0.4, -0.2) is 34.8 Å². The van der Waals surface area contributed by atoms with Crippen LogP contribution in [0, 0.1) is 0 Å². The number of fused-ring (bicyclic) bond motifs is 1. The van der Waals surface area contributed by atoms with Gasteiger partial charge in [-0.1, -0.05) is 17.8 Å². The Bertz CT molecular complexity index is 1340. The Morgan fingerprint density at radius 3 is 2.73 bits per heavy atom. The van der Waals surface area contributed by atoms with Crippen LogP contribution in [0.4, 0.5) is 11.4 Å². The Morgan fingerprint density at radius 2 is 2.09 bits per heavy atom. The van der Waals surface area contributed by atoms with Crippen LogP contribution in [0.2, 0.25) is 0 Å². The van der Waals surface area contributed by atoms with Gasteiger partial charge in [-0.2, -0.15) is 0 Å². The van der Waals surface area contributed by atoms with Gasteiger partial charge < -0.3 is 14.6 Å². The number of allylic oxidation sites excluding steroid dienone is 1. The van der Waals surface area contributed by atoms with Crippen molar-refractivity contribution in [3.8, 4) is 11.3 Å². The maximum atomic E-state index is 13.4. The van der Waals surface area contributed by atoms with E-state index in [2.05, 4.69) is 11.9 Å². The molecule has 9 heteroatoms. The zero-order valence-electron chi connectivity index (χ0n) is 18.6. The molecule has 0 aliphatic rings. The third-order valence-electron chi connectivity index (χ3n) is 5.06. The molecule has 0 saturated carbocycles. The minimum Gasteiger partial charge on any atom is -0.464 e. The molecule has 4 rings (SSSR count). The van der Waals surface area contributed by atoms with Gasteiger partial charge in [0.2, 0.25) is 5.91 Å².